The predicted molar refractivity (Wildman–Crippen MR) is 79.1 cm³/mol. The molecule has 0 amide bonds. The Bertz CT molecular complexity index is 476. The Hall–Kier alpha value is -0.100. The highest BCUT2D eigenvalue weighted by Crippen LogP contribution is 2.38. The molecule has 0 spiro atoms. The highest BCUT2D eigenvalue weighted by Gasteiger charge is 2.36. The van der Waals surface area contributed by atoms with Gasteiger partial charge in [-0.05, 0) is 24.3 Å². The lowest BCUT2D eigenvalue weighted by Gasteiger charge is -2.35. The minimum absolute atomic E-state index is 0.0337. The molecule has 0 atom stereocenters. The largest absolute Gasteiger partial charge is 0.375 e. The van der Waals surface area contributed by atoms with Crippen LogP contribution in [0.1, 0.15) is 37.0 Å². The Balaban J connectivity index is 1.93. The van der Waals surface area contributed by atoms with E-state index in [1.54, 1.807) is 11.3 Å². The van der Waals surface area contributed by atoms with Crippen LogP contribution in [0, 0.1) is 5.41 Å². The van der Waals surface area contributed by atoms with Crippen molar-refractivity contribution in [1.29, 1.82) is 0 Å². The van der Waals surface area contributed by atoms with Gasteiger partial charge in [-0.3, -0.25) is 0 Å². The third-order valence-electron chi connectivity index (χ3n) is 3.63. The van der Waals surface area contributed by atoms with Gasteiger partial charge in [0.25, 0.3) is 0 Å². The van der Waals surface area contributed by atoms with E-state index >= 15 is 0 Å². The Morgan fingerprint density at radius 1 is 1.32 bits per heavy atom. The van der Waals surface area contributed by atoms with E-state index in [0.29, 0.717) is 13.2 Å². The molecule has 2 rings (SSSR count). The van der Waals surface area contributed by atoms with Crippen LogP contribution in [-0.2, 0) is 20.4 Å². The molecule has 0 N–H and O–H groups in total. The van der Waals surface area contributed by atoms with Gasteiger partial charge in [-0.2, -0.15) is 0 Å². The van der Waals surface area contributed by atoms with Crippen LogP contribution in [0.2, 0.25) is 0 Å². The highest BCUT2D eigenvalue weighted by molar-refractivity contribution is 8.13. The number of rotatable bonds is 6. The molecule has 0 aliphatic heterocycles. The average molecular weight is 323 g/mol. The van der Waals surface area contributed by atoms with E-state index < -0.39 is 9.05 Å². The standard InChI is InChI=1S/C13H19ClO3S2/c14-19(15,16)11-13(6-2-1-3-7-13)10-17-9-12-5-4-8-18-12/h4-5,8H,1-3,6-7,9-11H2. The minimum Gasteiger partial charge on any atom is -0.375 e. The maximum absolute atomic E-state index is 11.4. The maximum atomic E-state index is 11.4. The van der Waals surface area contributed by atoms with Crippen molar-refractivity contribution < 1.29 is 13.2 Å². The van der Waals surface area contributed by atoms with Gasteiger partial charge >= 0.3 is 0 Å². The van der Waals surface area contributed by atoms with Crippen LogP contribution in [0.15, 0.2) is 17.5 Å². The van der Waals surface area contributed by atoms with E-state index in [9.17, 15) is 8.42 Å². The van der Waals surface area contributed by atoms with Gasteiger partial charge in [-0.15, -0.1) is 11.3 Å². The summed E-state index contributed by atoms with van der Waals surface area (Å²) in [5, 5.41) is 2.01. The number of hydrogen-bond acceptors (Lipinski definition) is 4. The lowest BCUT2D eigenvalue weighted by atomic mass is 9.76. The summed E-state index contributed by atoms with van der Waals surface area (Å²) in [6, 6.07) is 4.01. The van der Waals surface area contributed by atoms with Gasteiger partial charge < -0.3 is 4.74 Å². The van der Waals surface area contributed by atoms with E-state index in [1.165, 1.54) is 11.3 Å². The van der Waals surface area contributed by atoms with Crippen LogP contribution >= 0.6 is 22.0 Å². The fourth-order valence-electron chi connectivity index (χ4n) is 2.76. The maximum Gasteiger partial charge on any atom is 0.233 e. The number of thiophene rings is 1. The molecule has 1 aromatic heterocycles. The summed E-state index contributed by atoms with van der Waals surface area (Å²) < 4.78 is 28.6. The lowest BCUT2D eigenvalue weighted by molar-refractivity contribution is 0.0253. The van der Waals surface area contributed by atoms with Crippen LogP contribution in [0.3, 0.4) is 0 Å². The summed E-state index contributed by atoms with van der Waals surface area (Å²) in [4.78, 5) is 1.17. The Kier molecular flexibility index (Phi) is 5.29. The molecule has 0 radical (unpaired) electrons. The van der Waals surface area contributed by atoms with Crippen molar-refractivity contribution in [3.63, 3.8) is 0 Å². The first-order valence-electron chi connectivity index (χ1n) is 6.52. The zero-order valence-electron chi connectivity index (χ0n) is 10.8. The van der Waals surface area contributed by atoms with E-state index in [1.807, 2.05) is 17.5 Å². The SMILES string of the molecule is O=S(=O)(Cl)CC1(COCc2cccs2)CCCCC1. The van der Waals surface area contributed by atoms with Crippen molar-refractivity contribution >= 4 is 31.1 Å². The molecule has 0 bridgehead atoms. The molecule has 3 nitrogen and oxygen atoms in total. The van der Waals surface area contributed by atoms with Crippen molar-refractivity contribution in [3.05, 3.63) is 22.4 Å². The molecular formula is C13H19ClO3S2. The zero-order valence-corrected chi connectivity index (χ0v) is 13.2. The van der Waals surface area contributed by atoms with Crippen molar-refractivity contribution in [3.8, 4) is 0 Å². The first-order chi connectivity index (χ1) is 8.99. The van der Waals surface area contributed by atoms with Gasteiger partial charge in [-0.1, -0.05) is 25.3 Å². The van der Waals surface area contributed by atoms with E-state index in [4.69, 9.17) is 15.4 Å². The Morgan fingerprint density at radius 2 is 2.05 bits per heavy atom. The fourth-order valence-corrected chi connectivity index (χ4v) is 5.20. The van der Waals surface area contributed by atoms with Crippen molar-refractivity contribution in [1.82, 2.24) is 0 Å². The molecule has 108 valence electrons. The van der Waals surface area contributed by atoms with E-state index in [-0.39, 0.29) is 11.2 Å². The normalized spacial score (nSPS) is 19.4. The molecule has 1 fully saturated rings. The van der Waals surface area contributed by atoms with Crippen molar-refractivity contribution in [2.75, 3.05) is 12.4 Å². The second kappa shape index (κ2) is 6.57. The molecule has 1 saturated carbocycles. The monoisotopic (exact) mass is 322 g/mol. The molecule has 1 aliphatic carbocycles. The molecule has 0 unspecified atom stereocenters. The Labute approximate surface area is 123 Å². The van der Waals surface area contributed by atoms with Crippen LogP contribution in [0.4, 0.5) is 0 Å². The Morgan fingerprint density at radius 3 is 2.63 bits per heavy atom. The van der Waals surface area contributed by atoms with Gasteiger partial charge in [0.2, 0.25) is 9.05 Å². The molecule has 0 saturated heterocycles. The molecule has 6 heteroatoms. The lowest BCUT2D eigenvalue weighted by Crippen LogP contribution is -2.35. The molecule has 1 aliphatic rings. The minimum atomic E-state index is -3.47. The van der Waals surface area contributed by atoms with E-state index in [2.05, 4.69) is 0 Å². The number of halogens is 1. The third-order valence-corrected chi connectivity index (χ3v) is 5.76. The molecular weight excluding hydrogens is 304 g/mol. The molecule has 19 heavy (non-hydrogen) atoms. The molecule has 0 aromatic carbocycles. The molecule has 1 aromatic rings. The highest BCUT2D eigenvalue weighted by atomic mass is 35.7. The quantitative estimate of drug-likeness (QED) is 0.748. The van der Waals surface area contributed by atoms with Gasteiger partial charge in [0.05, 0.1) is 19.0 Å². The molecule has 1 heterocycles. The van der Waals surface area contributed by atoms with Crippen LogP contribution in [-0.4, -0.2) is 20.8 Å². The third kappa shape index (κ3) is 5.06. The summed E-state index contributed by atoms with van der Waals surface area (Å²) in [6.07, 6.45) is 5.09. The van der Waals surface area contributed by atoms with E-state index in [0.717, 1.165) is 25.7 Å². The second-order valence-electron chi connectivity index (χ2n) is 5.32. The topological polar surface area (TPSA) is 43.4 Å². The summed E-state index contributed by atoms with van der Waals surface area (Å²) in [5.74, 6) is 0.0337. The predicted octanol–water partition coefficient (Wildman–Crippen LogP) is 3.78. The first kappa shape index (κ1) is 15.3. The van der Waals surface area contributed by atoms with Crippen LogP contribution in [0.25, 0.3) is 0 Å². The summed E-state index contributed by atoms with van der Waals surface area (Å²) in [6.45, 7) is 1.04. The average Bonchev–Trinajstić information content (AvgIpc) is 2.81. The van der Waals surface area contributed by atoms with Gasteiger partial charge in [0.15, 0.2) is 0 Å². The van der Waals surface area contributed by atoms with Crippen LogP contribution < -0.4 is 0 Å². The zero-order chi connectivity index (χ0) is 13.8. The van der Waals surface area contributed by atoms with Gasteiger partial charge in [-0.25, -0.2) is 8.42 Å². The summed E-state index contributed by atoms with van der Waals surface area (Å²) >= 11 is 1.65. The van der Waals surface area contributed by atoms with Crippen molar-refractivity contribution in [2.24, 2.45) is 5.41 Å². The van der Waals surface area contributed by atoms with Gasteiger partial charge in [0, 0.05) is 21.0 Å². The fraction of sp³-hybridized carbons (Fsp3) is 0.692. The van der Waals surface area contributed by atoms with Crippen molar-refractivity contribution in [2.45, 2.75) is 38.7 Å². The smallest absolute Gasteiger partial charge is 0.233 e. The second-order valence-corrected chi connectivity index (χ2v) is 9.13. The first-order valence-corrected chi connectivity index (χ1v) is 9.87. The number of ether oxygens (including phenoxy) is 1. The number of hydrogen-bond donors (Lipinski definition) is 0. The summed E-state index contributed by atoms with van der Waals surface area (Å²) in [7, 11) is 1.98. The summed E-state index contributed by atoms with van der Waals surface area (Å²) in [5.41, 5.74) is -0.282. The van der Waals surface area contributed by atoms with Crippen LogP contribution in [0.5, 0.6) is 0 Å². The van der Waals surface area contributed by atoms with Gasteiger partial charge in [0.1, 0.15) is 0 Å².